The Morgan fingerprint density at radius 2 is 1.80 bits per heavy atom. The average molecular weight is 454 g/mol. The second kappa shape index (κ2) is 8.69. The zero-order valence-corrected chi connectivity index (χ0v) is 19.4. The quantitative estimate of drug-likeness (QED) is 0.627. The second-order valence-corrected chi connectivity index (χ2v) is 10.1. The molecule has 3 rings (SSSR count). The maximum absolute atomic E-state index is 13.3. The van der Waals surface area contributed by atoms with Crippen molar-refractivity contribution in [2.75, 3.05) is 19.7 Å². The number of carbonyl (C=O) groups is 1. The third-order valence-corrected chi connectivity index (χ3v) is 8.29. The monoisotopic (exact) mass is 453 g/mol. The number of hydrogen-bond acceptors (Lipinski definition) is 5. The van der Waals surface area contributed by atoms with Crippen LogP contribution in [-0.2, 0) is 33.0 Å². The van der Waals surface area contributed by atoms with Crippen LogP contribution in [0.25, 0.3) is 0 Å². The number of aromatic nitrogens is 2. The summed E-state index contributed by atoms with van der Waals surface area (Å²) in [6.07, 6.45) is 1.28. The van der Waals surface area contributed by atoms with Crippen molar-refractivity contribution in [2.45, 2.75) is 44.9 Å². The SMILES string of the molecule is CCOC(=O)C1(Cc2ccc(Cl)cc2)CCN(S(=O)(=O)c2c(C)nn(C)c2C)CC1. The van der Waals surface area contributed by atoms with Crippen molar-refractivity contribution in [3.8, 4) is 0 Å². The number of esters is 1. The van der Waals surface area contributed by atoms with E-state index in [0.717, 1.165) is 5.56 Å². The summed E-state index contributed by atoms with van der Waals surface area (Å²) in [5.74, 6) is -0.272. The van der Waals surface area contributed by atoms with Crippen LogP contribution in [0.1, 0.15) is 36.7 Å². The third-order valence-electron chi connectivity index (χ3n) is 5.88. The molecular formula is C21H28ClN3O4S. The molecule has 0 amide bonds. The van der Waals surface area contributed by atoms with Crippen LogP contribution in [0.2, 0.25) is 5.02 Å². The molecule has 0 radical (unpaired) electrons. The molecule has 9 heteroatoms. The summed E-state index contributed by atoms with van der Waals surface area (Å²) in [6.45, 7) is 6.03. The van der Waals surface area contributed by atoms with Gasteiger partial charge in [-0.1, -0.05) is 23.7 Å². The van der Waals surface area contributed by atoms with E-state index in [-0.39, 0.29) is 30.6 Å². The molecule has 1 aromatic heterocycles. The molecule has 0 atom stereocenters. The normalized spacial score (nSPS) is 17.1. The summed E-state index contributed by atoms with van der Waals surface area (Å²) in [4.78, 5) is 13.2. The van der Waals surface area contributed by atoms with Gasteiger partial charge in [-0.3, -0.25) is 9.48 Å². The first-order chi connectivity index (χ1) is 14.1. The Labute approximate surface area is 183 Å². The molecule has 2 heterocycles. The van der Waals surface area contributed by atoms with E-state index >= 15 is 0 Å². The molecule has 1 saturated heterocycles. The number of aryl methyl sites for hydroxylation is 2. The lowest BCUT2D eigenvalue weighted by Gasteiger charge is -2.39. The molecular weight excluding hydrogens is 426 g/mol. The molecule has 0 unspecified atom stereocenters. The van der Waals surface area contributed by atoms with Crippen LogP contribution in [-0.4, -0.2) is 48.2 Å². The Kier molecular flexibility index (Phi) is 6.60. The van der Waals surface area contributed by atoms with E-state index < -0.39 is 15.4 Å². The van der Waals surface area contributed by atoms with Crippen LogP contribution in [0.3, 0.4) is 0 Å². The zero-order valence-electron chi connectivity index (χ0n) is 17.8. The summed E-state index contributed by atoms with van der Waals surface area (Å²) in [5, 5.41) is 4.87. The van der Waals surface area contributed by atoms with E-state index in [0.29, 0.717) is 35.7 Å². The number of piperidine rings is 1. The Bertz CT molecular complexity index is 1020. The van der Waals surface area contributed by atoms with Gasteiger partial charge in [0.25, 0.3) is 0 Å². The van der Waals surface area contributed by atoms with E-state index in [9.17, 15) is 13.2 Å². The van der Waals surface area contributed by atoms with Gasteiger partial charge in [0.2, 0.25) is 10.0 Å². The number of halogens is 1. The molecule has 7 nitrogen and oxygen atoms in total. The van der Waals surface area contributed by atoms with Crippen molar-refractivity contribution >= 4 is 27.6 Å². The van der Waals surface area contributed by atoms with Gasteiger partial charge < -0.3 is 4.74 Å². The highest BCUT2D eigenvalue weighted by Gasteiger charge is 2.45. The first-order valence-electron chi connectivity index (χ1n) is 10.0. The standard InChI is InChI=1S/C21H28ClN3O4S/c1-5-29-20(26)21(14-17-6-8-18(22)9-7-17)10-12-25(13-11-21)30(27,28)19-15(2)23-24(4)16(19)3/h6-9H,5,10-14H2,1-4H3. The maximum atomic E-state index is 13.3. The topological polar surface area (TPSA) is 81.5 Å². The number of nitrogens with zero attached hydrogens (tertiary/aromatic N) is 3. The molecule has 1 aliphatic rings. The van der Waals surface area contributed by atoms with Crippen LogP contribution < -0.4 is 0 Å². The number of sulfonamides is 1. The van der Waals surface area contributed by atoms with Gasteiger partial charge in [0.1, 0.15) is 4.90 Å². The highest BCUT2D eigenvalue weighted by molar-refractivity contribution is 7.89. The van der Waals surface area contributed by atoms with Crippen LogP contribution in [0.5, 0.6) is 0 Å². The first-order valence-corrected chi connectivity index (χ1v) is 11.8. The first kappa shape index (κ1) is 22.8. The lowest BCUT2D eigenvalue weighted by molar-refractivity contribution is -0.158. The number of benzene rings is 1. The highest BCUT2D eigenvalue weighted by Crippen LogP contribution is 2.39. The summed E-state index contributed by atoms with van der Waals surface area (Å²) >= 11 is 5.98. The number of rotatable bonds is 6. The minimum Gasteiger partial charge on any atom is -0.466 e. The van der Waals surface area contributed by atoms with E-state index in [2.05, 4.69) is 5.10 Å². The molecule has 1 aliphatic heterocycles. The van der Waals surface area contributed by atoms with Crippen molar-refractivity contribution in [2.24, 2.45) is 12.5 Å². The number of hydrogen-bond donors (Lipinski definition) is 0. The highest BCUT2D eigenvalue weighted by atomic mass is 35.5. The van der Waals surface area contributed by atoms with Crippen molar-refractivity contribution in [1.29, 1.82) is 0 Å². The fourth-order valence-electron chi connectivity index (χ4n) is 4.14. The van der Waals surface area contributed by atoms with Gasteiger partial charge in [-0.2, -0.15) is 9.40 Å². The largest absolute Gasteiger partial charge is 0.466 e. The van der Waals surface area contributed by atoms with Gasteiger partial charge in [-0.15, -0.1) is 0 Å². The molecule has 0 saturated carbocycles. The predicted octanol–water partition coefficient (Wildman–Crippen LogP) is 3.27. The van der Waals surface area contributed by atoms with Crippen LogP contribution in [0.15, 0.2) is 29.2 Å². The molecule has 0 bridgehead atoms. The molecule has 164 valence electrons. The van der Waals surface area contributed by atoms with Gasteiger partial charge in [0.05, 0.1) is 23.4 Å². The minimum atomic E-state index is -3.69. The van der Waals surface area contributed by atoms with Crippen molar-refractivity contribution in [1.82, 2.24) is 14.1 Å². The van der Waals surface area contributed by atoms with Crippen molar-refractivity contribution in [3.63, 3.8) is 0 Å². The van der Waals surface area contributed by atoms with Crippen LogP contribution >= 0.6 is 11.6 Å². The third kappa shape index (κ3) is 4.26. The molecule has 1 aromatic carbocycles. The zero-order chi connectivity index (χ0) is 22.1. The fourth-order valence-corrected chi connectivity index (χ4v) is 6.11. The Balaban J connectivity index is 1.85. The summed E-state index contributed by atoms with van der Waals surface area (Å²) < 4.78 is 35.0. The van der Waals surface area contributed by atoms with Gasteiger partial charge in [0.15, 0.2) is 0 Å². The van der Waals surface area contributed by atoms with Crippen LogP contribution in [0, 0.1) is 19.3 Å². The Hall–Kier alpha value is -1.90. The summed E-state index contributed by atoms with van der Waals surface area (Å²) in [7, 11) is -1.96. The number of ether oxygens (including phenoxy) is 1. The predicted molar refractivity (Wildman–Crippen MR) is 115 cm³/mol. The van der Waals surface area contributed by atoms with Gasteiger partial charge in [-0.25, -0.2) is 8.42 Å². The minimum absolute atomic E-state index is 0.252. The molecule has 0 aliphatic carbocycles. The Morgan fingerprint density at radius 3 is 2.30 bits per heavy atom. The van der Waals surface area contributed by atoms with Crippen LogP contribution in [0.4, 0.5) is 0 Å². The summed E-state index contributed by atoms with van der Waals surface area (Å²) in [5.41, 5.74) is 1.31. The van der Waals surface area contributed by atoms with Crippen molar-refractivity contribution < 1.29 is 17.9 Å². The van der Waals surface area contributed by atoms with E-state index in [4.69, 9.17) is 16.3 Å². The van der Waals surface area contributed by atoms with Gasteiger partial charge in [-0.05, 0) is 57.7 Å². The molecule has 0 spiro atoms. The lowest BCUT2D eigenvalue weighted by Crippen LogP contribution is -2.48. The molecule has 0 N–H and O–H groups in total. The van der Waals surface area contributed by atoms with Gasteiger partial charge in [0, 0.05) is 25.2 Å². The smallest absolute Gasteiger partial charge is 0.312 e. The second-order valence-electron chi connectivity index (χ2n) is 7.83. The average Bonchev–Trinajstić information content (AvgIpc) is 2.96. The van der Waals surface area contributed by atoms with Gasteiger partial charge >= 0.3 is 5.97 Å². The lowest BCUT2D eigenvalue weighted by atomic mass is 9.74. The Morgan fingerprint density at radius 1 is 1.20 bits per heavy atom. The maximum Gasteiger partial charge on any atom is 0.312 e. The number of carbonyl (C=O) groups excluding carboxylic acids is 1. The van der Waals surface area contributed by atoms with E-state index in [1.807, 2.05) is 12.1 Å². The fraction of sp³-hybridized carbons (Fsp3) is 0.524. The van der Waals surface area contributed by atoms with Crippen molar-refractivity contribution in [3.05, 3.63) is 46.2 Å². The molecule has 2 aromatic rings. The summed E-state index contributed by atoms with van der Waals surface area (Å²) in [6, 6.07) is 7.39. The van der Waals surface area contributed by atoms with E-state index in [1.54, 1.807) is 44.6 Å². The van der Waals surface area contributed by atoms with E-state index in [1.165, 1.54) is 4.31 Å². The molecule has 30 heavy (non-hydrogen) atoms. The molecule has 1 fully saturated rings.